The van der Waals surface area contributed by atoms with Crippen LogP contribution in [0.5, 0.6) is 5.75 Å². The molecule has 9 heteroatoms. The smallest absolute Gasteiger partial charge is 0.716 e. The molecule has 0 aliphatic heterocycles. The number of rotatable bonds is 4. The van der Waals surface area contributed by atoms with Gasteiger partial charge >= 0.3 is 29.6 Å². The Balaban J connectivity index is 0.00000289. The molecule has 0 heterocycles. The van der Waals surface area contributed by atoms with Gasteiger partial charge in [0.1, 0.15) is 12.1 Å². The zero-order valence-electron chi connectivity index (χ0n) is 9.14. The van der Waals surface area contributed by atoms with Crippen molar-refractivity contribution in [3.63, 3.8) is 0 Å². The zero-order chi connectivity index (χ0) is 13.1. The average Bonchev–Trinajstić information content (AvgIpc) is 2.26. The van der Waals surface area contributed by atoms with Crippen molar-refractivity contribution in [3.8, 4) is 5.75 Å². The van der Waals surface area contributed by atoms with Crippen molar-refractivity contribution < 1.29 is 59.9 Å². The van der Waals surface area contributed by atoms with Crippen molar-refractivity contribution in [1.82, 2.24) is 0 Å². The van der Waals surface area contributed by atoms with E-state index in [0.29, 0.717) is 0 Å². The average molecular weight is 290 g/mol. The van der Waals surface area contributed by atoms with Gasteiger partial charge < -0.3 is 8.74 Å². The summed E-state index contributed by atoms with van der Waals surface area (Å²) in [6.45, 7) is 0. The second-order valence-electron chi connectivity index (χ2n) is 2.92. The van der Waals surface area contributed by atoms with Gasteiger partial charge in [-0.2, -0.15) is 0 Å². The van der Waals surface area contributed by atoms with Crippen molar-refractivity contribution in [2.45, 2.75) is 6.17 Å². The van der Waals surface area contributed by atoms with E-state index in [0.717, 1.165) is 24.3 Å². The first kappa shape index (κ1) is 17.5. The van der Waals surface area contributed by atoms with Gasteiger partial charge in [0, 0.05) is 0 Å². The van der Waals surface area contributed by atoms with Gasteiger partial charge in [-0.05, 0) is 17.7 Å². The van der Waals surface area contributed by atoms with Crippen LogP contribution in [0.3, 0.4) is 0 Å². The third kappa shape index (κ3) is 5.40. The molecule has 18 heavy (non-hydrogen) atoms. The molecule has 0 aliphatic carbocycles. The SMILES string of the molecule is O=S(=O)([O-])Oc1ccc(C(F)C(F)=CF)cc1.[Na+]. The number of hydrogen-bond acceptors (Lipinski definition) is 4. The summed E-state index contributed by atoms with van der Waals surface area (Å²) in [6.07, 6.45) is -2.81. The summed E-state index contributed by atoms with van der Waals surface area (Å²) in [5.74, 6) is -1.96. The van der Waals surface area contributed by atoms with Crippen LogP contribution in [0.25, 0.3) is 0 Å². The van der Waals surface area contributed by atoms with Crippen LogP contribution in [0.4, 0.5) is 13.2 Å². The second kappa shape index (κ2) is 7.15. The Bertz CT molecular complexity index is 515. The van der Waals surface area contributed by atoms with Crippen LogP contribution >= 0.6 is 0 Å². The summed E-state index contributed by atoms with van der Waals surface area (Å²) in [6, 6.07) is 3.83. The standard InChI is InChI=1S/C9H7F3O4S.Na/c10-5-8(11)9(12)6-1-3-7(4-2-6)16-17(13,14)15;/h1-5,9H,(H,13,14,15);/q;+1/p-1. The second-order valence-corrected chi connectivity index (χ2v) is 3.90. The first-order valence-corrected chi connectivity index (χ1v) is 5.52. The van der Waals surface area contributed by atoms with E-state index >= 15 is 0 Å². The Morgan fingerprint density at radius 1 is 1.33 bits per heavy atom. The van der Waals surface area contributed by atoms with Crippen LogP contribution in [-0.4, -0.2) is 13.0 Å². The molecule has 1 aromatic rings. The maximum Gasteiger partial charge on any atom is 1.00 e. The molecule has 0 radical (unpaired) electrons. The van der Waals surface area contributed by atoms with Gasteiger partial charge in [-0.25, -0.2) is 21.6 Å². The van der Waals surface area contributed by atoms with Gasteiger partial charge in [-0.1, -0.05) is 12.1 Å². The minimum absolute atomic E-state index is 0. The van der Waals surface area contributed by atoms with Gasteiger partial charge in [0.15, 0.2) is 12.0 Å². The van der Waals surface area contributed by atoms with E-state index in [1.165, 1.54) is 0 Å². The van der Waals surface area contributed by atoms with Crippen molar-refractivity contribution in [3.05, 3.63) is 42.0 Å². The van der Waals surface area contributed by atoms with Gasteiger partial charge in [-0.15, -0.1) is 0 Å². The Labute approximate surface area is 124 Å². The predicted octanol–water partition coefficient (Wildman–Crippen LogP) is -0.679. The molecule has 0 amide bonds. The quantitative estimate of drug-likeness (QED) is 0.419. The number of benzene rings is 1. The van der Waals surface area contributed by atoms with Gasteiger partial charge in [0.05, 0.1) is 0 Å². The molecule has 94 valence electrons. The predicted molar refractivity (Wildman–Crippen MR) is 50.9 cm³/mol. The third-order valence-electron chi connectivity index (χ3n) is 1.72. The van der Waals surface area contributed by atoms with Crippen molar-refractivity contribution in [2.75, 3.05) is 0 Å². The first-order valence-electron chi connectivity index (χ1n) is 4.18. The minimum atomic E-state index is -4.92. The molecule has 0 aliphatic rings. The molecule has 1 atom stereocenters. The van der Waals surface area contributed by atoms with Crippen LogP contribution in [0.2, 0.25) is 0 Å². The molecule has 1 unspecified atom stereocenters. The molecule has 4 nitrogen and oxygen atoms in total. The van der Waals surface area contributed by atoms with E-state index < -0.39 is 28.7 Å². The van der Waals surface area contributed by atoms with E-state index in [9.17, 15) is 26.1 Å². The summed E-state index contributed by atoms with van der Waals surface area (Å²) in [4.78, 5) is 0. The van der Waals surface area contributed by atoms with Gasteiger partial charge in [0.2, 0.25) is 0 Å². The fourth-order valence-electron chi connectivity index (χ4n) is 1.02. The molecule has 0 aromatic heterocycles. The van der Waals surface area contributed by atoms with Crippen LogP contribution < -0.4 is 33.7 Å². The zero-order valence-corrected chi connectivity index (χ0v) is 12.0. The molecule has 1 aromatic carbocycles. The third-order valence-corrected chi connectivity index (χ3v) is 2.11. The largest absolute Gasteiger partial charge is 1.00 e. The van der Waals surface area contributed by atoms with E-state index in [1.807, 2.05) is 0 Å². The minimum Gasteiger partial charge on any atom is -0.716 e. The number of hydrogen-bond donors (Lipinski definition) is 0. The summed E-state index contributed by atoms with van der Waals surface area (Å²) in [5.41, 5.74) is -0.243. The van der Waals surface area contributed by atoms with E-state index in [-0.39, 0.29) is 40.9 Å². The summed E-state index contributed by atoms with van der Waals surface area (Å²) in [7, 11) is -4.92. The molecular formula is C9H6F3NaO4S. The molecule has 0 saturated carbocycles. The molecule has 0 spiro atoms. The van der Waals surface area contributed by atoms with Crippen LogP contribution in [0, 0.1) is 0 Å². The molecule has 0 fully saturated rings. The van der Waals surface area contributed by atoms with E-state index in [2.05, 4.69) is 4.18 Å². The normalized spacial score (nSPS) is 13.7. The van der Waals surface area contributed by atoms with Crippen LogP contribution in [0.15, 0.2) is 36.4 Å². The maximum absolute atomic E-state index is 13.1. The number of halogens is 3. The molecule has 0 N–H and O–H groups in total. The van der Waals surface area contributed by atoms with Gasteiger partial charge in [-0.3, -0.25) is 0 Å². The Morgan fingerprint density at radius 2 is 1.83 bits per heavy atom. The summed E-state index contributed by atoms with van der Waals surface area (Å²) in [5, 5.41) is 0. The van der Waals surface area contributed by atoms with Crippen molar-refractivity contribution in [2.24, 2.45) is 0 Å². The van der Waals surface area contributed by atoms with E-state index in [4.69, 9.17) is 0 Å². The van der Waals surface area contributed by atoms with Gasteiger partial charge in [0.25, 0.3) is 10.4 Å². The molecule has 0 saturated heterocycles. The Kier molecular flexibility index (Phi) is 6.93. The number of alkyl halides is 1. The van der Waals surface area contributed by atoms with Crippen molar-refractivity contribution in [1.29, 1.82) is 0 Å². The monoisotopic (exact) mass is 290 g/mol. The number of allylic oxidation sites excluding steroid dienone is 1. The fourth-order valence-corrected chi connectivity index (χ4v) is 1.37. The Morgan fingerprint density at radius 3 is 2.22 bits per heavy atom. The molecule has 0 bridgehead atoms. The van der Waals surface area contributed by atoms with Crippen LogP contribution in [-0.2, 0) is 10.4 Å². The fraction of sp³-hybridized carbons (Fsp3) is 0.111. The summed E-state index contributed by atoms with van der Waals surface area (Å²) < 4.78 is 71.9. The maximum atomic E-state index is 13.1. The van der Waals surface area contributed by atoms with Crippen LogP contribution in [0.1, 0.15) is 11.7 Å². The van der Waals surface area contributed by atoms with Crippen molar-refractivity contribution >= 4 is 10.4 Å². The molecular weight excluding hydrogens is 284 g/mol. The summed E-state index contributed by atoms with van der Waals surface area (Å²) >= 11 is 0. The Hall–Kier alpha value is -0.540. The topological polar surface area (TPSA) is 66.4 Å². The van der Waals surface area contributed by atoms with E-state index in [1.54, 1.807) is 0 Å². The first-order chi connectivity index (χ1) is 7.83. The molecule has 1 rings (SSSR count).